The number of benzene rings is 1. The second kappa shape index (κ2) is 7.56. The van der Waals surface area contributed by atoms with Crippen molar-refractivity contribution in [2.45, 2.75) is 44.6 Å². The molecule has 0 fully saturated rings. The molecule has 1 aromatic carbocycles. The Kier molecular flexibility index (Phi) is 6.06. The third-order valence-electron chi connectivity index (χ3n) is 2.90. The van der Waals surface area contributed by atoms with E-state index in [4.69, 9.17) is 5.26 Å². The van der Waals surface area contributed by atoms with Crippen LogP contribution in [0.5, 0.6) is 0 Å². The monoisotopic (exact) mass is 259 g/mol. The van der Waals surface area contributed by atoms with Gasteiger partial charge in [0.05, 0.1) is 0 Å². The Balaban J connectivity index is 2.63. The van der Waals surface area contributed by atoms with Gasteiger partial charge in [0.1, 0.15) is 11.9 Å². The summed E-state index contributed by atoms with van der Waals surface area (Å²) in [5.74, 6) is 5.58. The quantitative estimate of drug-likeness (QED) is 0.499. The van der Waals surface area contributed by atoms with E-state index in [1.54, 1.807) is 0 Å². The summed E-state index contributed by atoms with van der Waals surface area (Å²) in [6.45, 7) is 2.10. The Morgan fingerprint density at radius 2 is 1.84 bits per heavy atom. The Hall–Kier alpha value is -1.84. The molecule has 0 spiro atoms. The number of nitriles is 1. The molecule has 100 valence electrons. The van der Waals surface area contributed by atoms with E-state index in [-0.39, 0.29) is 12.2 Å². The predicted molar refractivity (Wildman–Crippen MR) is 72.4 cm³/mol. The van der Waals surface area contributed by atoms with Crippen LogP contribution in [0.4, 0.5) is 4.39 Å². The first kappa shape index (κ1) is 15.2. The number of hydrogen-bond donors (Lipinski definition) is 1. The maximum atomic E-state index is 12.8. The number of hydrogen-bond acceptors (Lipinski definition) is 2. The summed E-state index contributed by atoms with van der Waals surface area (Å²) in [6.07, 6.45) is 3.69. The zero-order valence-electron chi connectivity index (χ0n) is 11.1. The SMILES string of the molecule is CCCCC#CCCC(O)(C#N)c1ccc(F)cc1. The van der Waals surface area contributed by atoms with Crippen molar-refractivity contribution in [2.75, 3.05) is 0 Å². The minimum Gasteiger partial charge on any atom is -0.371 e. The van der Waals surface area contributed by atoms with Gasteiger partial charge < -0.3 is 5.11 Å². The molecule has 0 amide bonds. The lowest BCUT2D eigenvalue weighted by Crippen LogP contribution is -2.23. The Bertz CT molecular complexity index is 492. The molecule has 0 saturated carbocycles. The maximum absolute atomic E-state index is 12.8. The number of rotatable bonds is 5. The van der Waals surface area contributed by atoms with Crippen molar-refractivity contribution >= 4 is 0 Å². The number of nitrogens with zero attached hydrogens (tertiary/aromatic N) is 1. The van der Waals surface area contributed by atoms with E-state index < -0.39 is 5.60 Å². The predicted octanol–water partition coefficient (Wildman–Crippen LogP) is 3.51. The van der Waals surface area contributed by atoms with E-state index in [2.05, 4.69) is 18.8 Å². The molecule has 0 aliphatic carbocycles. The van der Waals surface area contributed by atoms with Crippen molar-refractivity contribution in [1.82, 2.24) is 0 Å². The highest BCUT2D eigenvalue weighted by Crippen LogP contribution is 2.25. The number of halogens is 1. The Morgan fingerprint density at radius 1 is 1.21 bits per heavy atom. The Labute approximate surface area is 113 Å². The summed E-state index contributed by atoms with van der Waals surface area (Å²) in [4.78, 5) is 0. The van der Waals surface area contributed by atoms with E-state index in [9.17, 15) is 9.50 Å². The Morgan fingerprint density at radius 3 is 2.42 bits per heavy atom. The molecule has 1 aromatic rings. The molecule has 3 heteroatoms. The van der Waals surface area contributed by atoms with Crippen molar-refractivity contribution in [3.63, 3.8) is 0 Å². The van der Waals surface area contributed by atoms with Crippen LogP contribution in [-0.2, 0) is 5.60 Å². The fourth-order valence-electron chi connectivity index (χ4n) is 1.68. The van der Waals surface area contributed by atoms with Crippen LogP contribution in [0.1, 0.15) is 44.6 Å². The molecule has 19 heavy (non-hydrogen) atoms. The number of aliphatic hydroxyl groups is 1. The molecule has 0 aliphatic heterocycles. The third kappa shape index (κ3) is 4.73. The van der Waals surface area contributed by atoms with Crippen molar-refractivity contribution < 1.29 is 9.50 Å². The van der Waals surface area contributed by atoms with Gasteiger partial charge in [0, 0.05) is 19.3 Å². The van der Waals surface area contributed by atoms with Gasteiger partial charge in [0.25, 0.3) is 0 Å². The van der Waals surface area contributed by atoms with Gasteiger partial charge in [-0.05, 0) is 24.1 Å². The molecule has 0 aromatic heterocycles. The topological polar surface area (TPSA) is 44.0 Å². The van der Waals surface area contributed by atoms with Gasteiger partial charge in [-0.2, -0.15) is 5.26 Å². The molecule has 0 heterocycles. The van der Waals surface area contributed by atoms with Gasteiger partial charge >= 0.3 is 0 Å². The highest BCUT2D eigenvalue weighted by Gasteiger charge is 2.28. The summed E-state index contributed by atoms with van der Waals surface area (Å²) in [7, 11) is 0. The van der Waals surface area contributed by atoms with Gasteiger partial charge in [0.15, 0.2) is 5.60 Å². The van der Waals surface area contributed by atoms with E-state index in [0.717, 1.165) is 19.3 Å². The van der Waals surface area contributed by atoms with Crippen LogP contribution in [0.2, 0.25) is 0 Å². The van der Waals surface area contributed by atoms with Gasteiger partial charge in [-0.15, -0.1) is 11.8 Å². The number of unbranched alkanes of at least 4 members (excludes halogenated alkanes) is 2. The summed E-state index contributed by atoms with van der Waals surface area (Å²) >= 11 is 0. The third-order valence-corrected chi connectivity index (χ3v) is 2.90. The van der Waals surface area contributed by atoms with Crippen molar-refractivity contribution in [3.8, 4) is 17.9 Å². The van der Waals surface area contributed by atoms with Crippen LogP contribution in [0.25, 0.3) is 0 Å². The fraction of sp³-hybridized carbons (Fsp3) is 0.438. The van der Waals surface area contributed by atoms with Crippen molar-refractivity contribution in [2.24, 2.45) is 0 Å². The molecule has 0 saturated heterocycles. The van der Waals surface area contributed by atoms with Gasteiger partial charge in [-0.25, -0.2) is 4.39 Å². The minimum absolute atomic E-state index is 0.230. The van der Waals surface area contributed by atoms with Gasteiger partial charge in [-0.3, -0.25) is 0 Å². The molecule has 1 atom stereocenters. The first-order valence-electron chi connectivity index (χ1n) is 6.48. The van der Waals surface area contributed by atoms with E-state index >= 15 is 0 Å². The molecule has 1 N–H and O–H groups in total. The molecule has 2 nitrogen and oxygen atoms in total. The fourth-order valence-corrected chi connectivity index (χ4v) is 1.68. The summed E-state index contributed by atoms with van der Waals surface area (Å²) in [6, 6.07) is 7.23. The first-order valence-corrected chi connectivity index (χ1v) is 6.48. The molecule has 0 aliphatic rings. The average Bonchev–Trinajstić information content (AvgIpc) is 2.43. The largest absolute Gasteiger partial charge is 0.371 e. The molecule has 0 bridgehead atoms. The first-order chi connectivity index (χ1) is 9.12. The zero-order valence-corrected chi connectivity index (χ0v) is 11.1. The summed E-state index contributed by atoms with van der Waals surface area (Å²) < 4.78 is 12.8. The van der Waals surface area contributed by atoms with Crippen LogP contribution in [0.15, 0.2) is 24.3 Å². The highest BCUT2D eigenvalue weighted by atomic mass is 19.1. The normalized spacial score (nSPS) is 12.9. The van der Waals surface area contributed by atoms with Crippen LogP contribution in [0.3, 0.4) is 0 Å². The highest BCUT2D eigenvalue weighted by molar-refractivity contribution is 5.29. The maximum Gasteiger partial charge on any atom is 0.177 e. The second-order valence-electron chi connectivity index (χ2n) is 4.44. The average molecular weight is 259 g/mol. The second-order valence-corrected chi connectivity index (χ2v) is 4.44. The van der Waals surface area contributed by atoms with Gasteiger partial charge in [-0.1, -0.05) is 25.5 Å². The summed E-state index contributed by atoms with van der Waals surface area (Å²) in [5, 5.41) is 19.3. The lowest BCUT2D eigenvalue weighted by Gasteiger charge is -2.19. The minimum atomic E-state index is -1.59. The molecule has 0 radical (unpaired) electrons. The molecule has 1 rings (SSSR count). The smallest absolute Gasteiger partial charge is 0.177 e. The standard InChI is InChI=1S/C16H18FNO/c1-2-3-4-5-6-7-12-16(19,13-18)14-8-10-15(17)11-9-14/h8-11,19H,2-4,7,12H2,1H3. The van der Waals surface area contributed by atoms with Crippen molar-refractivity contribution in [1.29, 1.82) is 5.26 Å². The lowest BCUT2D eigenvalue weighted by atomic mass is 9.90. The van der Waals surface area contributed by atoms with Crippen LogP contribution >= 0.6 is 0 Å². The van der Waals surface area contributed by atoms with Crippen LogP contribution < -0.4 is 0 Å². The zero-order chi connectivity index (χ0) is 14.1. The molecular formula is C16H18FNO. The van der Waals surface area contributed by atoms with E-state index in [0.29, 0.717) is 12.0 Å². The molecule has 1 unspecified atom stereocenters. The van der Waals surface area contributed by atoms with E-state index in [1.165, 1.54) is 24.3 Å². The summed E-state index contributed by atoms with van der Waals surface area (Å²) in [5.41, 5.74) is -1.18. The van der Waals surface area contributed by atoms with Crippen LogP contribution in [-0.4, -0.2) is 5.11 Å². The van der Waals surface area contributed by atoms with Crippen LogP contribution in [0, 0.1) is 29.0 Å². The van der Waals surface area contributed by atoms with E-state index in [1.807, 2.05) is 6.07 Å². The lowest BCUT2D eigenvalue weighted by molar-refractivity contribution is 0.0895. The van der Waals surface area contributed by atoms with Crippen molar-refractivity contribution in [3.05, 3.63) is 35.6 Å². The molecular weight excluding hydrogens is 241 g/mol. The van der Waals surface area contributed by atoms with Gasteiger partial charge in [0.2, 0.25) is 0 Å².